The maximum atomic E-state index is 5.26. The first-order valence-electron chi connectivity index (χ1n) is 16.5. The smallest absolute Gasteiger partial charge is 0.160 e. The van der Waals surface area contributed by atoms with Crippen molar-refractivity contribution in [2.75, 3.05) is 0 Å². The highest BCUT2D eigenvalue weighted by atomic mass is 32.1. The van der Waals surface area contributed by atoms with Gasteiger partial charge < -0.3 is 0 Å². The molecule has 6 heteroatoms. The largest absolute Gasteiger partial charge is 0.228 e. The van der Waals surface area contributed by atoms with Crippen molar-refractivity contribution in [2.45, 2.75) is 0 Å². The van der Waals surface area contributed by atoms with E-state index in [1.165, 1.54) is 24.9 Å². The quantitative estimate of drug-likeness (QED) is 0.182. The summed E-state index contributed by atoms with van der Waals surface area (Å²) in [5, 5.41) is 3.50. The third-order valence-corrected chi connectivity index (χ3v) is 11.4. The van der Waals surface area contributed by atoms with E-state index >= 15 is 0 Å². The number of rotatable bonds is 5. The summed E-state index contributed by atoms with van der Waals surface area (Å²) in [6, 6.07) is 54.8. The van der Waals surface area contributed by atoms with Gasteiger partial charge in [0.15, 0.2) is 11.6 Å². The Morgan fingerprint density at radius 1 is 0.380 bits per heavy atom. The van der Waals surface area contributed by atoms with E-state index in [2.05, 4.69) is 127 Å². The van der Waals surface area contributed by atoms with Gasteiger partial charge in [0.05, 0.1) is 27.3 Å². The van der Waals surface area contributed by atoms with Crippen LogP contribution in [0.4, 0.5) is 0 Å². The van der Waals surface area contributed by atoms with E-state index < -0.39 is 0 Å². The molecule has 0 fully saturated rings. The van der Waals surface area contributed by atoms with Gasteiger partial charge in [-0.25, -0.2) is 19.9 Å². The normalized spacial score (nSPS) is 11.6. The number of aromatic nitrogens is 4. The standard InChI is InChI=1S/C44H26N4S2/c1-4-13-27(14-5-1)34-26-35(46-43(45-34)29-17-8-3-9-18-29)31-20-12-22-38-39(31)33-25-30(23-24-37(33)49-38)44-47-40(28-15-6-2-7-16-28)42-41(48-44)32-19-10-11-21-36(32)50-42/h1-26H. The van der Waals surface area contributed by atoms with Crippen molar-refractivity contribution in [2.24, 2.45) is 0 Å². The second-order valence-corrected chi connectivity index (χ2v) is 14.4. The molecule has 0 atom stereocenters. The maximum Gasteiger partial charge on any atom is 0.160 e. The highest BCUT2D eigenvalue weighted by Crippen LogP contribution is 2.43. The third-order valence-electron chi connectivity index (χ3n) is 9.12. The SMILES string of the molecule is c1ccc(-c2cc(-c3cccc4sc5ccc(-c6nc(-c7ccccc7)c7sc8ccccc8c7n6)cc5c34)nc(-c3ccccc3)n2)cc1. The van der Waals surface area contributed by atoms with Crippen LogP contribution in [0.3, 0.4) is 0 Å². The Labute approximate surface area is 296 Å². The summed E-state index contributed by atoms with van der Waals surface area (Å²) < 4.78 is 4.74. The maximum absolute atomic E-state index is 5.26. The van der Waals surface area contributed by atoms with Crippen molar-refractivity contribution < 1.29 is 0 Å². The summed E-state index contributed by atoms with van der Waals surface area (Å²) >= 11 is 3.55. The minimum Gasteiger partial charge on any atom is -0.228 e. The Balaban J connectivity index is 1.20. The molecule has 4 aromatic heterocycles. The van der Waals surface area contributed by atoms with Gasteiger partial charge in [0, 0.05) is 58.1 Å². The molecule has 0 unspecified atom stereocenters. The van der Waals surface area contributed by atoms with Gasteiger partial charge in [0.25, 0.3) is 0 Å². The molecule has 0 aliphatic rings. The van der Waals surface area contributed by atoms with Crippen LogP contribution in [-0.4, -0.2) is 19.9 Å². The Bertz CT molecular complexity index is 2800. The zero-order valence-corrected chi connectivity index (χ0v) is 28.2. The van der Waals surface area contributed by atoms with Crippen LogP contribution in [0.1, 0.15) is 0 Å². The molecule has 234 valence electrons. The number of hydrogen-bond acceptors (Lipinski definition) is 6. The van der Waals surface area contributed by atoms with E-state index in [0.717, 1.165) is 66.3 Å². The molecule has 0 aliphatic carbocycles. The van der Waals surface area contributed by atoms with Crippen LogP contribution < -0.4 is 0 Å². The summed E-state index contributed by atoms with van der Waals surface area (Å²) in [5.41, 5.74) is 8.93. The Morgan fingerprint density at radius 2 is 1.02 bits per heavy atom. The van der Waals surface area contributed by atoms with Gasteiger partial charge in [-0.1, -0.05) is 121 Å². The Hall–Kier alpha value is -6.08. The Kier molecular flexibility index (Phi) is 6.82. The Morgan fingerprint density at radius 3 is 1.82 bits per heavy atom. The molecule has 0 saturated carbocycles. The van der Waals surface area contributed by atoms with Gasteiger partial charge in [-0.3, -0.25) is 0 Å². The van der Waals surface area contributed by atoms with Crippen LogP contribution in [-0.2, 0) is 0 Å². The number of nitrogens with zero attached hydrogens (tertiary/aromatic N) is 4. The van der Waals surface area contributed by atoms with Crippen molar-refractivity contribution in [3.8, 4) is 56.5 Å². The lowest BCUT2D eigenvalue weighted by atomic mass is 10.0. The molecule has 10 rings (SSSR count). The average Bonchev–Trinajstić information content (AvgIpc) is 3.76. The third kappa shape index (κ3) is 4.88. The van der Waals surface area contributed by atoms with E-state index in [-0.39, 0.29) is 0 Å². The fourth-order valence-corrected chi connectivity index (χ4v) is 9.02. The van der Waals surface area contributed by atoms with Gasteiger partial charge in [-0.2, -0.15) is 0 Å². The molecule has 10 aromatic rings. The first kappa shape index (κ1) is 28.9. The summed E-state index contributed by atoms with van der Waals surface area (Å²) in [4.78, 5) is 20.7. The van der Waals surface area contributed by atoms with E-state index in [0.29, 0.717) is 5.82 Å². The lowest BCUT2D eigenvalue weighted by Crippen LogP contribution is -1.96. The zero-order chi connectivity index (χ0) is 33.0. The van der Waals surface area contributed by atoms with Crippen LogP contribution in [0, 0.1) is 0 Å². The molecule has 0 aliphatic heterocycles. The van der Waals surface area contributed by atoms with Crippen LogP contribution in [0.15, 0.2) is 158 Å². The molecule has 0 N–H and O–H groups in total. The number of benzene rings is 6. The molecule has 6 aromatic carbocycles. The van der Waals surface area contributed by atoms with E-state index in [1.807, 2.05) is 30.3 Å². The molecule has 4 nitrogen and oxygen atoms in total. The van der Waals surface area contributed by atoms with Crippen molar-refractivity contribution in [3.05, 3.63) is 158 Å². The van der Waals surface area contributed by atoms with E-state index in [4.69, 9.17) is 19.9 Å². The van der Waals surface area contributed by atoms with Crippen LogP contribution >= 0.6 is 22.7 Å². The van der Waals surface area contributed by atoms with Crippen molar-refractivity contribution in [3.63, 3.8) is 0 Å². The summed E-state index contributed by atoms with van der Waals surface area (Å²) in [6.07, 6.45) is 0. The fourth-order valence-electron chi connectivity index (χ4n) is 6.75. The average molecular weight is 675 g/mol. The lowest BCUT2D eigenvalue weighted by molar-refractivity contribution is 1.19. The second kappa shape index (κ2) is 11.8. The predicted molar refractivity (Wildman–Crippen MR) is 211 cm³/mol. The van der Waals surface area contributed by atoms with Gasteiger partial charge in [0.1, 0.15) is 0 Å². The molecule has 0 spiro atoms. The van der Waals surface area contributed by atoms with Crippen LogP contribution in [0.5, 0.6) is 0 Å². The van der Waals surface area contributed by atoms with Gasteiger partial charge in [0.2, 0.25) is 0 Å². The van der Waals surface area contributed by atoms with E-state index in [1.54, 1.807) is 22.7 Å². The molecule has 50 heavy (non-hydrogen) atoms. The molecule has 0 amide bonds. The highest BCUT2D eigenvalue weighted by molar-refractivity contribution is 7.26. The molecule has 0 saturated heterocycles. The van der Waals surface area contributed by atoms with Gasteiger partial charge in [-0.05, 0) is 36.4 Å². The first-order valence-corrected chi connectivity index (χ1v) is 18.1. The summed E-state index contributed by atoms with van der Waals surface area (Å²) in [6.45, 7) is 0. The highest BCUT2D eigenvalue weighted by Gasteiger charge is 2.19. The first-order chi connectivity index (χ1) is 24.8. The lowest BCUT2D eigenvalue weighted by Gasteiger charge is -2.11. The van der Waals surface area contributed by atoms with Gasteiger partial charge in [-0.15, -0.1) is 22.7 Å². The summed E-state index contributed by atoms with van der Waals surface area (Å²) in [7, 11) is 0. The number of hydrogen-bond donors (Lipinski definition) is 0. The van der Waals surface area contributed by atoms with Crippen molar-refractivity contribution >= 4 is 63.1 Å². The minimum atomic E-state index is 0.706. The molecule has 4 heterocycles. The number of thiophene rings is 2. The molecule has 0 radical (unpaired) electrons. The van der Waals surface area contributed by atoms with Gasteiger partial charge >= 0.3 is 0 Å². The van der Waals surface area contributed by atoms with E-state index in [9.17, 15) is 0 Å². The monoisotopic (exact) mass is 674 g/mol. The van der Waals surface area contributed by atoms with Crippen LogP contribution in [0.25, 0.3) is 97.0 Å². The van der Waals surface area contributed by atoms with Crippen molar-refractivity contribution in [1.82, 2.24) is 19.9 Å². The minimum absolute atomic E-state index is 0.706. The second-order valence-electron chi connectivity index (χ2n) is 12.2. The molecule has 0 bridgehead atoms. The zero-order valence-electron chi connectivity index (χ0n) is 26.6. The van der Waals surface area contributed by atoms with Crippen LogP contribution in [0.2, 0.25) is 0 Å². The van der Waals surface area contributed by atoms with Crippen molar-refractivity contribution in [1.29, 1.82) is 0 Å². The summed E-state index contributed by atoms with van der Waals surface area (Å²) in [5.74, 6) is 1.43. The fraction of sp³-hybridized carbons (Fsp3) is 0. The molecular weight excluding hydrogens is 649 g/mol. The topological polar surface area (TPSA) is 51.6 Å². The number of fused-ring (bicyclic) bond motifs is 6. The molecular formula is C44H26N4S2. The predicted octanol–water partition coefficient (Wildman–Crippen LogP) is 12.3.